The van der Waals surface area contributed by atoms with Crippen LogP contribution in [-0.2, 0) is 27.0 Å². The minimum atomic E-state index is -4.68. The number of likely N-dealkylation sites (tertiary alicyclic amines) is 1. The van der Waals surface area contributed by atoms with Crippen LogP contribution in [0.3, 0.4) is 0 Å². The molecule has 228 valence electrons. The molecule has 0 radical (unpaired) electrons. The molecule has 1 aliphatic heterocycles. The summed E-state index contributed by atoms with van der Waals surface area (Å²) in [5.74, 6) is -1.23. The first-order chi connectivity index (χ1) is 19.0. The van der Waals surface area contributed by atoms with E-state index in [-0.39, 0.29) is 55.1 Å². The molecule has 1 aromatic heterocycles. The maximum absolute atomic E-state index is 14.5. The van der Waals surface area contributed by atoms with Crippen LogP contribution < -0.4 is 34.9 Å². The molecule has 1 aliphatic carbocycles. The van der Waals surface area contributed by atoms with Gasteiger partial charge in [0.05, 0.1) is 30.5 Å². The maximum atomic E-state index is 14.5. The van der Waals surface area contributed by atoms with Crippen molar-refractivity contribution in [3.63, 3.8) is 0 Å². The third kappa shape index (κ3) is 8.62. The minimum absolute atomic E-state index is 0. The van der Waals surface area contributed by atoms with Gasteiger partial charge in [-0.2, -0.15) is 18.3 Å². The number of halogens is 5. The molecule has 1 saturated carbocycles. The van der Waals surface area contributed by atoms with Crippen molar-refractivity contribution < 1.29 is 67.6 Å². The molecule has 0 unspecified atom stereocenters. The van der Waals surface area contributed by atoms with Gasteiger partial charge in [-0.1, -0.05) is 11.6 Å². The summed E-state index contributed by atoms with van der Waals surface area (Å²) in [5.41, 5.74) is -0.616. The van der Waals surface area contributed by atoms with E-state index in [1.165, 1.54) is 17.0 Å². The molecule has 0 spiro atoms. The number of rotatable bonds is 8. The van der Waals surface area contributed by atoms with Crippen LogP contribution in [0, 0.1) is 12.7 Å². The largest absolute Gasteiger partial charge is 1.00 e. The Morgan fingerprint density at radius 3 is 2.45 bits per heavy atom. The second-order valence-corrected chi connectivity index (χ2v) is 12.1. The number of nitrogens with zero attached hydrogens (tertiary/aromatic N) is 3. The van der Waals surface area contributed by atoms with Crippen LogP contribution in [0.15, 0.2) is 18.2 Å². The van der Waals surface area contributed by atoms with E-state index in [1.54, 1.807) is 34.6 Å². The van der Waals surface area contributed by atoms with Crippen LogP contribution in [0.5, 0.6) is 0 Å². The zero-order valence-electron chi connectivity index (χ0n) is 25.6. The topological polar surface area (TPSA) is 85.7 Å². The van der Waals surface area contributed by atoms with Crippen LogP contribution in [0.1, 0.15) is 82.9 Å². The molecule has 1 saturated heterocycles. The summed E-state index contributed by atoms with van der Waals surface area (Å²) in [7, 11) is 0. The molecule has 0 bridgehead atoms. The van der Waals surface area contributed by atoms with Gasteiger partial charge in [0.1, 0.15) is 23.7 Å². The first-order valence-electron chi connectivity index (χ1n) is 13.5. The summed E-state index contributed by atoms with van der Waals surface area (Å²) in [6.07, 6.45) is -4.14. The molecule has 42 heavy (non-hydrogen) atoms. The summed E-state index contributed by atoms with van der Waals surface area (Å²) in [6, 6.07) is 2.13. The van der Waals surface area contributed by atoms with E-state index < -0.39 is 60.0 Å². The predicted molar refractivity (Wildman–Crippen MR) is 144 cm³/mol. The van der Waals surface area contributed by atoms with Gasteiger partial charge in [-0.15, -0.1) is 0 Å². The Balaban J connectivity index is 0.00000323. The van der Waals surface area contributed by atoms with Gasteiger partial charge in [0.15, 0.2) is 0 Å². The van der Waals surface area contributed by atoms with E-state index in [1.807, 2.05) is 0 Å². The fourth-order valence-electron chi connectivity index (χ4n) is 4.95. The quantitative estimate of drug-likeness (QED) is 0.359. The third-order valence-electron chi connectivity index (χ3n) is 6.92. The number of aryl methyl sites for hydroxylation is 1. The zero-order valence-corrected chi connectivity index (χ0v) is 27.4. The Morgan fingerprint density at radius 1 is 1.19 bits per heavy atom. The second-order valence-electron chi connectivity index (χ2n) is 11.7. The monoisotopic (exact) mass is 626 g/mol. The Kier molecular flexibility index (Phi) is 11.1. The molecular formula is C28H36ClF4N4NaO4. The molecule has 1 N–H and O–H groups in total. The number of hydrogen-bond donors (Lipinski definition) is 1. The number of carbonyl (C=O) groups is 2. The van der Waals surface area contributed by atoms with Crippen LogP contribution in [0.2, 0.25) is 5.02 Å². The SMILES string of the molecule is Cc1cc(F)cc([C@@H]2[C@H](OC[C@@H](C)NC(=O)OC(C)(C)C)CCN2C(=O)Cn2nc(C3CC3)cc2C(F)(F)F)c1Cl.[H-].[Na+]. The van der Waals surface area contributed by atoms with Crippen molar-refractivity contribution in [2.24, 2.45) is 0 Å². The fraction of sp³-hybridized carbons (Fsp3) is 0.607. The Labute approximate surface area is 271 Å². The summed E-state index contributed by atoms with van der Waals surface area (Å²) in [5, 5.41) is 7.01. The van der Waals surface area contributed by atoms with Crippen molar-refractivity contribution in [2.75, 3.05) is 13.2 Å². The Hall–Kier alpha value is -1.86. The van der Waals surface area contributed by atoms with Gasteiger partial charge >= 0.3 is 41.8 Å². The summed E-state index contributed by atoms with van der Waals surface area (Å²) >= 11 is 6.56. The fourth-order valence-corrected chi connectivity index (χ4v) is 5.18. The number of ether oxygens (including phenoxy) is 2. The van der Waals surface area contributed by atoms with Gasteiger partial charge in [-0.05, 0) is 83.2 Å². The van der Waals surface area contributed by atoms with E-state index in [0.717, 1.165) is 18.9 Å². The second kappa shape index (κ2) is 13.4. The van der Waals surface area contributed by atoms with Crippen molar-refractivity contribution in [3.05, 3.63) is 51.6 Å². The maximum Gasteiger partial charge on any atom is 1.00 e. The smallest absolute Gasteiger partial charge is 1.00 e. The normalized spacial score (nSPS) is 19.8. The number of hydrogen-bond acceptors (Lipinski definition) is 5. The van der Waals surface area contributed by atoms with Crippen molar-refractivity contribution in [3.8, 4) is 0 Å². The van der Waals surface area contributed by atoms with Crippen molar-refractivity contribution in [1.82, 2.24) is 20.0 Å². The molecule has 8 nitrogen and oxygen atoms in total. The van der Waals surface area contributed by atoms with Gasteiger partial charge in [0, 0.05) is 17.5 Å². The van der Waals surface area contributed by atoms with E-state index in [4.69, 9.17) is 21.1 Å². The number of nitrogens with one attached hydrogen (secondary N) is 1. The third-order valence-corrected chi connectivity index (χ3v) is 7.44. The first kappa shape index (κ1) is 34.6. The molecule has 1 aromatic carbocycles. The summed E-state index contributed by atoms with van der Waals surface area (Å²) in [6.45, 7) is 8.08. The number of amides is 2. The molecule has 2 heterocycles. The molecular weight excluding hydrogens is 591 g/mol. The Morgan fingerprint density at radius 2 is 1.86 bits per heavy atom. The van der Waals surface area contributed by atoms with E-state index in [9.17, 15) is 27.2 Å². The summed E-state index contributed by atoms with van der Waals surface area (Å²) in [4.78, 5) is 27.1. The van der Waals surface area contributed by atoms with Crippen LogP contribution in [0.4, 0.5) is 22.4 Å². The van der Waals surface area contributed by atoms with Crippen molar-refractivity contribution >= 4 is 23.6 Å². The minimum Gasteiger partial charge on any atom is -1.00 e. The van der Waals surface area contributed by atoms with Gasteiger partial charge in [-0.25, -0.2) is 9.18 Å². The number of aromatic nitrogens is 2. The van der Waals surface area contributed by atoms with Crippen molar-refractivity contribution in [2.45, 2.75) is 96.3 Å². The number of benzene rings is 1. The van der Waals surface area contributed by atoms with Gasteiger partial charge < -0.3 is 21.1 Å². The molecule has 14 heteroatoms. The Bertz CT molecular complexity index is 1300. The van der Waals surface area contributed by atoms with Crippen molar-refractivity contribution in [1.29, 1.82) is 0 Å². The summed E-state index contributed by atoms with van der Waals surface area (Å²) < 4.78 is 67.9. The van der Waals surface area contributed by atoms with E-state index >= 15 is 0 Å². The van der Waals surface area contributed by atoms with Gasteiger partial charge in [0.2, 0.25) is 5.91 Å². The van der Waals surface area contributed by atoms with Gasteiger partial charge in [-0.3, -0.25) is 9.48 Å². The predicted octanol–water partition coefficient (Wildman–Crippen LogP) is 3.27. The average Bonchev–Trinajstić information content (AvgIpc) is 3.45. The van der Waals surface area contributed by atoms with E-state index in [2.05, 4.69) is 10.4 Å². The standard InChI is InChI=1S/C28H35ClF4N4O4.Na.H/c1-15-10-18(30)11-19(24(15)29)25-21(40-14-16(2)34-26(39)41-27(3,4)5)8-9-36(25)23(38)13-37-22(28(31,32)33)12-20(35-37)17-6-7-17;;/h10-12,16-17,21,25H,6-9,13-14H2,1-5H3,(H,34,39);;/q;+1;-1/t16-,21-,25-;;/m1../s1. The van der Waals surface area contributed by atoms with Gasteiger partial charge in [0.25, 0.3) is 0 Å². The van der Waals surface area contributed by atoms with E-state index in [0.29, 0.717) is 27.9 Å². The van der Waals surface area contributed by atoms with Crippen LogP contribution >= 0.6 is 11.6 Å². The number of alkyl halides is 3. The molecule has 4 rings (SSSR count). The molecule has 2 aliphatic rings. The zero-order chi connectivity index (χ0) is 30.3. The first-order valence-corrected chi connectivity index (χ1v) is 13.9. The van der Waals surface area contributed by atoms with Crippen LogP contribution in [0.25, 0.3) is 0 Å². The van der Waals surface area contributed by atoms with Crippen LogP contribution in [-0.4, -0.2) is 57.6 Å². The number of carbonyl (C=O) groups excluding carboxylic acids is 2. The number of alkyl carbamates (subject to hydrolysis) is 1. The average molecular weight is 627 g/mol. The molecule has 2 fully saturated rings. The molecule has 2 amide bonds. The molecule has 2 aromatic rings. The molecule has 3 atom stereocenters.